The number of pyridine rings is 1. The molecule has 6 heteroatoms. The third-order valence-corrected chi connectivity index (χ3v) is 3.20. The number of hydrogen-bond acceptors (Lipinski definition) is 4. The fraction of sp³-hybridized carbons (Fsp3) is 0.429. The van der Waals surface area contributed by atoms with Gasteiger partial charge in [0.15, 0.2) is 5.75 Å². The minimum absolute atomic E-state index is 0.0295. The van der Waals surface area contributed by atoms with Crippen LogP contribution in [0.1, 0.15) is 38.1 Å². The lowest BCUT2D eigenvalue weighted by molar-refractivity contribution is 0.0860. The van der Waals surface area contributed by atoms with E-state index in [1.165, 1.54) is 25.6 Å². The molecule has 108 valence electrons. The van der Waals surface area contributed by atoms with Gasteiger partial charge in [0.05, 0.1) is 19.5 Å². The Balaban J connectivity index is 2.61. The van der Waals surface area contributed by atoms with Crippen molar-refractivity contribution in [2.45, 2.75) is 32.4 Å². The molecule has 1 unspecified atom stereocenters. The Kier molecular flexibility index (Phi) is 3.76. The predicted molar refractivity (Wildman–Crippen MR) is 72.0 cm³/mol. The Morgan fingerprint density at radius 2 is 2.05 bits per heavy atom. The number of nitrogens with zero attached hydrogens (tertiary/aromatic N) is 3. The van der Waals surface area contributed by atoms with Crippen molar-refractivity contribution in [3.05, 3.63) is 41.7 Å². The Morgan fingerprint density at radius 3 is 2.60 bits per heavy atom. The van der Waals surface area contributed by atoms with Crippen molar-refractivity contribution >= 4 is 0 Å². The summed E-state index contributed by atoms with van der Waals surface area (Å²) >= 11 is 0. The van der Waals surface area contributed by atoms with Gasteiger partial charge in [-0.15, -0.1) is 0 Å². The van der Waals surface area contributed by atoms with Crippen LogP contribution in [0.15, 0.2) is 24.7 Å². The molecule has 0 radical (unpaired) electrons. The van der Waals surface area contributed by atoms with E-state index in [4.69, 9.17) is 4.74 Å². The molecule has 1 atom stereocenters. The second-order valence-electron chi connectivity index (χ2n) is 5.06. The zero-order valence-electron chi connectivity index (χ0n) is 12.0. The smallest absolute Gasteiger partial charge is 0.163 e. The topological polar surface area (TPSA) is 60.2 Å². The number of methoxy groups -OCH3 is 1. The van der Waals surface area contributed by atoms with Gasteiger partial charge in [-0.1, -0.05) is 0 Å². The second kappa shape index (κ2) is 5.20. The highest BCUT2D eigenvalue weighted by Gasteiger charge is 2.34. The molecule has 2 heterocycles. The van der Waals surface area contributed by atoms with Crippen molar-refractivity contribution in [2.24, 2.45) is 0 Å². The van der Waals surface area contributed by atoms with Crippen LogP contribution in [0, 0.1) is 5.82 Å². The summed E-state index contributed by atoms with van der Waals surface area (Å²) in [5, 5.41) is 15.1. The van der Waals surface area contributed by atoms with Crippen molar-refractivity contribution in [3.63, 3.8) is 0 Å². The van der Waals surface area contributed by atoms with Crippen LogP contribution in [0.5, 0.6) is 5.75 Å². The summed E-state index contributed by atoms with van der Waals surface area (Å²) in [6.07, 6.45) is 4.06. The Hall–Kier alpha value is -1.95. The van der Waals surface area contributed by atoms with E-state index >= 15 is 0 Å². The van der Waals surface area contributed by atoms with Crippen molar-refractivity contribution < 1.29 is 14.2 Å². The van der Waals surface area contributed by atoms with Crippen molar-refractivity contribution in [3.8, 4) is 5.75 Å². The van der Waals surface area contributed by atoms with Crippen LogP contribution < -0.4 is 4.74 Å². The first-order valence-corrected chi connectivity index (χ1v) is 6.33. The number of halogens is 1. The Morgan fingerprint density at radius 1 is 1.35 bits per heavy atom. The molecule has 0 aliphatic heterocycles. The minimum atomic E-state index is -1.46. The van der Waals surface area contributed by atoms with Crippen LogP contribution >= 0.6 is 0 Å². The maximum atomic E-state index is 13.4. The molecule has 0 aromatic carbocycles. The van der Waals surface area contributed by atoms with Crippen LogP contribution in [0.3, 0.4) is 0 Å². The average molecular weight is 279 g/mol. The maximum Gasteiger partial charge on any atom is 0.163 e. The molecule has 0 saturated heterocycles. The van der Waals surface area contributed by atoms with E-state index in [9.17, 15) is 9.50 Å². The lowest BCUT2D eigenvalue weighted by Crippen LogP contribution is -2.28. The monoisotopic (exact) mass is 279 g/mol. The van der Waals surface area contributed by atoms with Gasteiger partial charge in [-0.3, -0.25) is 9.67 Å². The highest BCUT2D eigenvalue weighted by molar-refractivity contribution is 5.38. The molecule has 0 saturated carbocycles. The minimum Gasteiger partial charge on any atom is -0.493 e. The fourth-order valence-corrected chi connectivity index (χ4v) is 2.17. The summed E-state index contributed by atoms with van der Waals surface area (Å²) in [6, 6.07) is 1.28. The maximum absolute atomic E-state index is 13.4. The van der Waals surface area contributed by atoms with E-state index in [-0.39, 0.29) is 6.04 Å². The number of rotatable bonds is 4. The average Bonchev–Trinajstić information content (AvgIpc) is 2.83. The second-order valence-corrected chi connectivity index (χ2v) is 5.06. The fourth-order valence-electron chi connectivity index (χ4n) is 2.17. The molecule has 20 heavy (non-hydrogen) atoms. The molecule has 2 aromatic rings. The first kappa shape index (κ1) is 14.5. The molecule has 5 nitrogen and oxygen atoms in total. The van der Waals surface area contributed by atoms with E-state index in [0.717, 1.165) is 6.20 Å². The quantitative estimate of drug-likeness (QED) is 0.932. The van der Waals surface area contributed by atoms with E-state index in [1.807, 2.05) is 13.8 Å². The molecule has 0 spiro atoms. The van der Waals surface area contributed by atoms with Gasteiger partial charge in [-0.2, -0.15) is 5.10 Å². The van der Waals surface area contributed by atoms with Gasteiger partial charge in [-0.05, 0) is 26.8 Å². The third kappa shape index (κ3) is 2.38. The van der Waals surface area contributed by atoms with Crippen molar-refractivity contribution in [1.29, 1.82) is 0 Å². The largest absolute Gasteiger partial charge is 0.493 e. The molecule has 0 fully saturated rings. The van der Waals surface area contributed by atoms with Gasteiger partial charge >= 0.3 is 0 Å². The van der Waals surface area contributed by atoms with Crippen molar-refractivity contribution in [1.82, 2.24) is 14.8 Å². The zero-order valence-corrected chi connectivity index (χ0v) is 12.0. The Bertz CT molecular complexity index is 608. The summed E-state index contributed by atoms with van der Waals surface area (Å²) in [5.41, 5.74) is -0.637. The number of aliphatic hydroxyl groups is 1. The van der Waals surface area contributed by atoms with Gasteiger partial charge < -0.3 is 9.84 Å². The molecular formula is C14H18FN3O2. The molecule has 0 aliphatic rings. The number of aromatic nitrogens is 3. The van der Waals surface area contributed by atoms with E-state index in [2.05, 4.69) is 10.1 Å². The standard InChI is InChI=1S/C14H18FN3O2/c1-9(2)18-13(12(20-4)8-17-18)14(3,19)10-5-11(15)7-16-6-10/h5-9,19H,1-4H3. The normalized spacial score (nSPS) is 14.3. The molecular weight excluding hydrogens is 261 g/mol. The van der Waals surface area contributed by atoms with Crippen LogP contribution in [-0.2, 0) is 5.60 Å². The summed E-state index contributed by atoms with van der Waals surface area (Å²) in [5.74, 6) is -0.0506. The molecule has 2 rings (SSSR count). The predicted octanol–water partition coefficient (Wildman–Crippen LogP) is 2.26. The lowest BCUT2D eigenvalue weighted by atomic mass is 9.93. The SMILES string of the molecule is COc1cnn(C(C)C)c1C(C)(O)c1cncc(F)c1. The van der Waals surface area contributed by atoms with Crippen LogP contribution in [0.25, 0.3) is 0 Å². The summed E-state index contributed by atoms with van der Waals surface area (Å²) < 4.78 is 20.3. The lowest BCUT2D eigenvalue weighted by Gasteiger charge is -2.26. The number of hydrogen-bond donors (Lipinski definition) is 1. The molecule has 0 amide bonds. The summed E-state index contributed by atoms with van der Waals surface area (Å²) in [6.45, 7) is 5.45. The highest BCUT2D eigenvalue weighted by Crippen LogP contribution is 2.36. The van der Waals surface area contributed by atoms with Gasteiger partial charge in [0.1, 0.15) is 17.1 Å². The third-order valence-electron chi connectivity index (χ3n) is 3.20. The van der Waals surface area contributed by atoms with E-state index < -0.39 is 11.4 Å². The highest BCUT2D eigenvalue weighted by atomic mass is 19.1. The Labute approximate surface area is 117 Å². The summed E-state index contributed by atoms with van der Waals surface area (Å²) in [4.78, 5) is 3.78. The summed E-state index contributed by atoms with van der Waals surface area (Å²) in [7, 11) is 1.51. The van der Waals surface area contributed by atoms with Gasteiger partial charge in [0, 0.05) is 17.8 Å². The molecule has 2 aromatic heterocycles. The van der Waals surface area contributed by atoms with Crippen LogP contribution in [0.2, 0.25) is 0 Å². The number of ether oxygens (including phenoxy) is 1. The van der Waals surface area contributed by atoms with Gasteiger partial charge in [0.25, 0.3) is 0 Å². The van der Waals surface area contributed by atoms with Gasteiger partial charge in [0.2, 0.25) is 0 Å². The molecule has 0 bridgehead atoms. The first-order valence-electron chi connectivity index (χ1n) is 6.33. The van der Waals surface area contributed by atoms with Crippen LogP contribution in [-0.4, -0.2) is 27.0 Å². The van der Waals surface area contributed by atoms with E-state index in [0.29, 0.717) is 17.0 Å². The molecule has 0 aliphatic carbocycles. The van der Waals surface area contributed by atoms with Gasteiger partial charge in [-0.25, -0.2) is 4.39 Å². The first-order chi connectivity index (χ1) is 9.37. The van der Waals surface area contributed by atoms with Crippen molar-refractivity contribution in [2.75, 3.05) is 7.11 Å². The molecule has 1 N–H and O–H groups in total. The van der Waals surface area contributed by atoms with Crippen LogP contribution in [0.4, 0.5) is 4.39 Å². The zero-order chi connectivity index (χ0) is 14.9. The van der Waals surface area contributed by atoms with E-state index in [1.54, 1.807) is 11.6 Å².